The van der Waals surface area contributed by atoms with Gasteiger partial charge in [0.25, 0.3) is 0 Å². The van der Waals surface area contributed by atoms with Crippen LogP contribution in [0.1, 0.15) is 32.4 Å². The number of piperidine rings is 1. The molecule has 4 heteroatoms. The summed E-state index contributed by atoms with van der Waals surface area (Å²) in [6.07, 6.45) is 3.57. The minimum atomic E-state index is -0.371. The Balaban J connectivity index is 2.08. The van der Waals surface area contributed by atoms with E-state index < -0.39 is 0 Å². The van der Waals surface area contributed by atoms with Crippen LogP contribution in [0.4, 0.5) is 0 Å². The molecule has 0 radical (unpaired) electrons. The number of aromatic hydroxyl groups is 1. The van der Waals surface area contributed by atoms with Gasteiger partial charge in [-0.15, -0.1) is 0 Å². The molecule has 1 fully saturated rings. The van der Waals surface area contributed by atoms with Gasteiger partial charge >= 0.3 is 0 Å². The number of likely N-dealkylation sites (tertiary alicyclic amines) is 1. The van der Waals surface area contributed by atoms with Crippen molar-refractivity contribution in [2.45, 2.75) is 39.3 Å². The molecule has 0 bridgehead atoms. The first-order valence-corrected chi connectivity index (χ1v) is 6.11. The van der Waals surface area contributed by atoms with Gasteiger partial charge in [-0.3, -0.25) is 9.69 Å². The van der Waals surface area contributed by atoms with E-state index >= 15 is 0 Å². The molecule has 0 saturated carbocycles. The van der Waals surface area contributed by atoms with Crippen LogP contribution in [0.2, 0.25) is 0 Å². The van der Waals surface area contributed by atoms with Crippen molar-refractivity contribution in [3.05, 3.63) is 28.3 Å². The molecule has 17 heavy (non-hydrogen) atoms. The van der Waals surface area contributed by atoms with Crippen molar-refractivity contribution in [3.63, 3.8) is 0 Å². The van der Waals surface area contributed by atoms with Gasteiger partial charge in [-0.2, -0.15) is 0 Å². The fourth-order valence-electron chi connectivity index (χ4n) is 2.33. The first-order valence-electron chi connectivity index (χ1n) is 6.11. The van der Waals surface area contributed by atoms with Gasteiger partial charge in [0.05, 0.1) is 6.54 Å². The highest BCUT2D eigenvalue weighted by Crippen LogP contribution is 2.23. The van der Waals surface area contributed by atoms with Crippen LogP contribution < -0.4 is 5.43 Å². The van der Waals surface area contributed by atoms with Crippen LogP contribution in [0.15, 0.2) is 21.5 Å². The van der Waals surface area contributed by atoms with Crippen LogP contribution in [-0.2, 0) is 6.54 Å². The minimum absolute atomic E-state index is 0.325. The molecular weight excluding hydrogens is 218 g/mol. The van der Waals surface area contributed by atoms with Crippen LogP contribution in [0.25, 0.3) is 0 Å². The summed E-state index contributed by atoms with van der Waals surface area (Å²) in [5.41, 5.74) is -0.371. The molecule has 2 rings (SSSR count). The molecule has 0 spiro atoms. The Bertz CT molecular complexity index is 441. The molecule has 0 amide bonds. The first-order chi connectivity index (χ1) is 8.06. The van der Waals surface area contributed by atoms with E-state index in [1.165, 1.54) is 18.9 Å². The molecule has 1 N–H and O–H groups in total. The summed E-state index contributed by atoms with van der Waals surface area (Å²) in [6.45, 7) is 6.11. The monoisotopic (exact) mass is 237 g/mol. The van der Waals surface area contributed by atoms with E-state index in [1.54, 1.807) is 0 Å². The fourth-order valence-corrected chi connectivity index (χ4v) is 2.33. The lowest BCUT2D eigenvalue weighted by Gasteiger charge is -2.36. The molecule has 0 aromatic carbocycles. The van der Waals surface area contributed by atoms with Gasteiger partial charge in [0.15, 0.2) is 5.75 Å². The van der Waals surface area contributed by atoms with E-state index in [0.717, 1.165) is 12.8 Å². The second-order valence-electron chi connectivity index (χ2n) is 5.06. The molecule has 1 aliphatic rings. The lowest BCUT2D eigenvalue weighted by atomic mass is 9.95. The van der Waals surface area contributed by atoms with Crippen molar-refractivity contribution in [1.29, 1.82) is 0 Å². The SMILES string of the molecule is CC1CCC(C)N(Cc2cc(=O)c(O)co2)C1. The zero-order chi connectivity index (χ0) is 12.4. The standard InChI is InChI=1S/C13H19NO3/c1-9-3-4-10(2)14(6-9)7-11-5-12(15)13(16)8-17-11/h5,8-10,16H,3-4,6-7H2,1-2H3. The van der Waals surface area contributed by atoms with Crippen molar-refractivity contribution in [1.82, 2.24) is 4.90 Å². The van der Waals surface area contributed by atoms with E-state index in [9.17, 15) is 4.79 Å². The van der Waals surface area contributed by atoms with Gasteiger partial charge in [-0.05, 0) is 25.7 Å². The summed E-state index contributed by atoms with van der Waals surface area (Å²) in [5, 5.41) is 9.12. The van der Waals surface area contributed by atoms with E-state index in [1.807, 2.05) is 0 Å². The third-order valence-corrected chi connectivity index (χ3v) is 3.47. The Morgan fingerprint density at radius 2 is 2.24 bits per heavy atom. The Labute approximate surface area is 101 Å². The first kappa shape index (κ1) is 12.2. The summed E-state index contributed by atoms with van der Waals surface area (Å²) in [5.74, 6) is 0.984. The van der Waals surface area contributed by atoms with Crippen molar-refractivity contribution in [2.75, 3.05) is 6.54 Å². The van der Waals surface area contributed by atoms with Crippen LogP contribution >= 0.6 is 0 Å². The zero-order valence-electron chi connectivity index (χ0n) is 10.3. The van der Waals surface area contributed by atoms with Gasteiger partial charge < -0.3 is 9.52 Å². The van der Waals surface area contributed by atoms with Gasteiger partial charge in [-0.1, -0.05) is 6.92 Å². The van der Waals surface area contributed by atoms with E-state index in [-0.39, 0.29) is 11.2 Å². The number of rotatable bonds is 2. The van der Waals surface area contributed by atoms with Crippen molar-refractivity contribution in [3.8, 4) is 5.75 Å². The average Bonchev–Trinajstić information content (AvgIpc) is 2.29. The smallest absolute Gasteiger partial charge is 0.226 e. The molecule has 1 saturated heterocycles. The molecule has 4 nitrogen and oxygen atoms in total. The quantitative estimate of drug-likeness (QED) is 0.854. The minimum Gasteiger partial charge on any atom is -0.502 e. The molecular formula is C13H19NO3. The maximum absolute atomic E-state index is 11.3. The highest BCUT2D eigenvalue weighted by molar-refractivity contribution is 5.15. The lowest BCUT2D eigenvalue weighted by Crippen LogP contribution is -2.40. The van der Waals surface area contributed by atoms with E-state index in [2.05, 4.69) is 18.7 Å². The van der Waals surface area contributed by atoms with Crippen LogP contribution in [0.5, 0.6) is 5.75 Å². The third kappa shape index (κ3) is 2.88. The summed E-state index contributed by atoms with van der Waals surface area (Å²) >= 11 is 0. The fraction of sp³-hybridized carbons (Fsp3) is 0.615. The molecule has 2 heterocycles. The Morgan fingerprint density at radius 1 is 1.47 bits per heavy atom. The molecule has 94 valence electrons. The van der Waals surface area contributed by atoms with Crippen LogP contribution in [0.3, 0.4) is 0 Å². The van der Waals surface area contributed by atoms with Crippen molar-refractivity contribution < 1.29 is 9.52 Å². The topological polar surface area (TPSA) is 53.7 Å². The number of nitrogens with zero attached hydrogens (tertiary/aromatic N) is 1. The zero-order valence-corrected chi connectivity index (χ0v) is 10.3. The molecule has 0 aliphatic carbocycles. The molecule has 1 aromatic rings. The van der Waals surface area contributed by atoms with Gasteiger partial charge in [0.2, 0.25) is 5.43 Å². The molecule has 1 aromatic heterocycles. The Hall–Kier alpha value is -1.29. The maximum Gasteiger partial charge on any atom is 0.226 e. The summed E-state index contributed by atoms with van der Waals surface area (Å²) in [4.78, 5) is 13.6. The lowest BCUT2D eigenvalue weighted by molar-refractivity contribution is 0.108. The second kappa shape index (κ2) is 4.92. The predicted molar refractivity (Wildman–Crippen MR) is 64.9 cm³/mol. The number of hydrogen-bond donors (Lipinski definition) is 1. The highest BCUT2D eigenvalue weighted by atomic mass is 16.4. The van der Waals surface area contributed by atoms with Crippen molar-refractivity contribution in [2.24, 2.45) is 5.92 Å². The van der Waals surface area contributed by atoms with Gasteiger partial charge in [-0.25, -0.2) is 0 Å². The highest BCUT2D eigenvalue weighted by Gasteiger charge is 2.23. The molecule has 2 atom stereocenters. The van der Waals surface area contributed by atoms with Crippen molar-refractivity contribution >= 4 is 0 Å². The second-order valence-corrected chi connectivity index (χ2v) is 5.06. The third-order valence-electron chi connectivity index (χ3n) is 3.47. The average molecular weight is 237 g/mol. The molecule has 2 unspecified atom stereocenters. The Morgan fingerprint density at radius 3 is 2.94 bits per heavy atom. The van der Waals surface area contributed by atoms with Gasteiger partial charge in [0.1, 0.15) is 12.0 Å². The predicted octanol–water partition coefficient (Wildman–Crippen LogP) is 1.97. The Kier molecular flexibility index (Phi) is 3.52. The number of hydrogen-bond acceptors (Lipinski definition) is 4. The van der Waals surface area contributed by atoms with Crippen LogP contribution in [-0.4, -0.2) is 22.6 Å². The molecule has 1 aliphatic heterocycles. The normalized spacial score (nSPS) is 26.0. The van der Waals surface area contributed by atoms with Crippen LogP contribution in [0, 0.1) is 5.92 Å². The summed E-state index contributed by atoms with van der Waals surface area (Å²) < 4.78 is 5.23. The van der Waals surface area contributed by atoms with E-state index in [4.69, 9.17) is 9.52 Å². The van der Waals surface area contributed by atoms with Gasteiger partial charge in [0, 0.05) is 18.7 Å². The maximum atomic E-state index is 11.3. The summed E-state index contributed by atoms with van der Waals surface area (Å²) in [6, 6.07) is 1.90. The summed E-state index contributed by atoms with van der Waals surface area (Å²) in [7, 11) is 0. The van der Waals surface area contributed by atoms with E-state index in [0.29, 0.717) is 24.3 Å². The largest absolute Gasteiger partial charge is 0.502 e.